The Morgan fingerprint density at radius 2 is 1.82 bits per heavy atom. The summed E-state index contributed by atoms with van der Waals surface area (Å²) in [5, 5.41) is 8.36. The van der Waals surface area contributed by atoms with Crippen molar-refractivity contribution in [1.29, 1.82) is 0 Å². The van der Waals surface area contributed by atoms with Crippen LogP contribution in [0.1, 0.15) is 12.0 Å². The van der Waals surface area contributed by atoms with Crippen molar-refractivity contribution in [1.82, 2.24) is 34.2 Å². The Bertz CT molecular complexity index is 1390. The van der Waals surface area contributed by atoms with Crippen molar-refractivity contribution in [2.75, 3.05) is 43.5 Å². The molecule has 10 nitrogen and oxygen atoms in total. The minimum Gasteiger partial charge on any atom is -0.357 e. The van der Waals surface area contributed by atoms with Gasteiger partial charge in [0.1, 0.15) is 5.65 Å². The lowest BCUT2D eigenvalue weighted by Gasteiger charge is -2.26. The number of aromatic nitrogens is 6. The van der Waals surface area contributed by atoms with E-state index in [1.54, 1.807) is 24.1 Å². The summed E-state index contributed by atoms with van der Waals surface area (Å²) in [6.45, 7) is 2.13. The maximum atomic E-state index is 11.7. The summed E-state index contributed by atoms with van der Waals surface area (Å²) in [6.07, 6.45) is 11.3. The van der Waals surface area contributed by atoms with Crippen LogP contribution in [0.5, 0.6) is 0 Å². The van der Waals surface area contributed by atoms with E-state index in [1.165, 1.54) is 5.56 Å². The molecule has 5 rings (SSSR count). The summed E-state index contributed by atoms with van der Waals surface area (Å²) in [5.74, 6) is 1.09. The summed E-state index contributed by atoms with van der Waals surface area (Å²) < 4.78 is 27.2. The number of pyridine rings is 1. The van der Waals surface area contributed by atoms with Crippen molar-refractivity contribution in [3.8, 4) is 16.9 Å². The lowest BCUT2D eigenvalue weighted by molar-refractivity contribution is 0.292. The van der Waals surface area contributed by atoms with Crippen LogP contribution in [0, 0.1) is 0 Å². The molecule has 0 unspecified atom stereocenters. The molecule has 1 fully saturated rings. The molecule has 34 heavy (non-hydrogen) atoms. The molecular formula is C23H28N8O2S. The quantitative estimate of drug-likeness (QED) is 0.427. The Morgan fingerprint density at radius 1 is 1.06 bits per heavy atom. The molecule has 0 aromatic carbocycles. The molecule has 0 bridgehead atoms. The number of sulfone groups is 1. The van der Waals surface area contributed by atoms with E-state index in [0.29, 0.717) is 19.0 Å². The third-order valence-corrected chi connectivity index (χ3v) is 7.84. The number of hydrogen-bond donors (Lipinski definition) is 1. The monoisotopic (exact) mass is 480 g/mol. The molecule has 178 valence electrons. The van der Waals surface area contributed by atoms with Gasteiger partial charge in [0.15, 0.2) is 9.84 Å². The molecule has 0 saturated carbocycles. The second kappa shape index (κ2) is 9.15. The summed E-state index contributed by atoms with van der Waals surface area (Å²) in [7, 11) is 0.832. The van der Waals surface area contributed by atoms with Gasteiger partial charge in [0.25, 0.3) is 0 Å². The van der Waals surface area contributed by atoms with E-state index >= 15 is 0 Å². The number of rotatable bonds is 7. The van der Waals surface area contributed by atoms with Gasteiger partial charge < -0.3 is 10.2 Å². The summed E-state index contributed by atoms with van der Waals surface area (Å²) in [6, 6.07) is 4.12. The lowest BCUT2D eigenvalue weighted by atomic mass is 10.1. The minimum absolute atomic E-state index is 0.263. The average Bonchev–Trinajstić information content (AvgIpc) is 3.43. The highest BCUT2D eigenvalue weighted by Crippen LogP contribution is 2.28. The average molecular weight is 481 g/mol. The Labute approximate surface area is 198 Å². The number of nitrogens with one attached hydrogen (secondary N) is 1. The van der Waals surface area contributed by atoms with Gasteiger partial charge in [0.2, 0.25) is 5.95 Å². The molecule has 1 N–H and O–H groups in total. The third kappa shape index (κ3) is 4.66. The van der Waals surface area contributed by atoms with Crippen LogP contribution in [0.15, 0.2) is 43.1 Å². The highest BCUT2D eigenvalue weighted by atomic mass is 32.2. The molecule has 0 spiro atoms. The molecule has 1 aliphatic heterocycles. The molecule has 11 heteroatoms. The molecule has 1 aliphatic rings. The maximum Gasteiger partial charge on any atom is 0.222 e. The zero-order valence-electron chi connectivity index (χ0n) is 19.3. The summed E-state index contributed by atoms with van der Waals surface area (Å²) in [5.41, 5.74) is 4.68. The van der Waals surface area contributed by atoms with E-state index in [2.05, 4.69) is 42.1 Å². The normalized spacial score (nSPS) is 16.2. The lowest BCUT2D eigenvalue weighted by Crippen LogP contribution is -2.40. The first-order valence-corrected chi connectivity index (χ1v) is 13.2. The van der Waals surface area contributed by atoms with Gasteiger partial charge in [0, 0.05) is 62.9 Å². The van der Waals surface area contributed by atoms with Crippen LogP contribution >= 0.6 is 0 Å². The summed E-state index contributed by atoms with van der Waals surface area (Å²) >= 11 is 0. The number of aryl methyl sites for hydroxylation is 2. The van der Waals surface area contributed by atoms with E-state index in [9.17, 15) is 8.42 Å². The Hall–Kier alpha value is -3.31. The smallest absolute Gasteiger partial charge is 0.222 e. The number of nitrogens with zero attached hydrogens (tertiary/aromatic N) is 7. The molecule has 0 radical (unpaired) electrons. The predicted molar refractivity (Wildman–Crippen MR) is 132 cm³/mol. The van der Waals surface area contributed by atoms with Gasteiger partial charge in [-0.15, -0.1) is 0 Å². The van der Waals surface area contributed by atoms with Gasteiger partial charge in [-0.25, -0.2) is 23.4 Å². The van der Waals surface area contributed by atoms with Crippen molar-refractivity contribution >= 4 is 26.8 Å². The number of hydrogen-bond acceptors (Lipinski definition) is 8. The zero-order valence-corrected chi connectivity index (χ0v) is 20.2. The largest absolute Gasteiger partial charge is 0.357 e. The van der Waals surface area contributed by atoms with Crippen molar-refractivity contribution in [2.24, 2.45) is 7.05 Å². The fraction of sp³-hybridized carbons (Fsp3) is 0.391. The van der Waals surface area contributed by atoms with E-state index in [-0.39, 0.29) is 11.5 Å². The molecule has 0 aliphatic carbocycles. The predicted octanol–water partition coefficient (Wildman–Crippen LogP) is 1.92. The van der Waals surface area contributed by atoms with Crippen molar-refractivity contribution in [3.05, 3.63) is 48.7 Å². The number of fused-ring (bicyclic) bond motifs is 1. The third-order valence-electron chi connectivity index (χ3n) is 6.23. The van der Waals surface area contributed by atoms with Crippen LogP contribution in [0.2, 0.25) is 0 Å². The molecule has 4 aromatic rings. The standard InChI is InChI=1S/C23H28N8O2S/c1-24-23-25-12-18(13-26-23)21-6-5-20-17(4-3-7-30-8-10-34(32,33)11-9-30)15-31(22(20)28-21)19-14-27-29(2)16-19/h5-6,12-16H,3-4,7-11H2,1-2H3,(H,24,25,26). The van der Waals surface area contributed by atoms with Crippen molar-refractivity contribution in [3.63, 3.8) is 0 Å². The van der Waals surface area contributed by atoms with Crippen molar-refractivity contribution in [2.45, 2.75) is 12.8 Å². The van der Waals surface area contributed by atoms with Crippen LogP contribution in [0.25, 0.3) is 28.0 Å². The SMILES string of the molecule is CNc1ncc(-c2ccc3c(CCCN4CCS(=O)(=O)CC4)cn(-c4cnn(C)c4)c3n2)cn1. The number of anilines is 1. The van der Waals surface area contributed by atoms with E-state index < -0.39 is 9.84 Å². The Kier molecular flexibility index (Phi) is 6.05. The highest BCUT2D eigenvalue weighted by molar-refractivity contribution is 7.91. The second-order valence-corrected chi connectivity index (χ2v) is 10.9. The first-order chi connectivity index (χ1) is 16.4. The molecule has 5 heterocycles. The first kappa shape index (κ1) is 22.5. The Balaban J connectivity index is 1.42. The fourth-order valence-electron chi connectivity index (χ4n) is 4.32. The minimum atomic E-state index is -2.85. The van der Waals surface area contributed by atoms with Gasteiger partial charge in [-0.3, -0.25) is 9.25 Å². The second-order valence-electron chi connectivity index (χ2n) is 8.61. The van der Waals surface area contributed by atoms with Gasteiger partial charge >= 0.3 is 0 Å². The van der Waals surface area contributed by atoms with E-state index in [0.717, 1.165) is 47.4 Å². The van der Waals surface area contributed by atoms with E-state index in [4.69, 9.17) is 4.98 Å². The van der Waals surface area contributed by atoms with Gasteiger partial charge in [-0.2, -0.15) is 5.10 Å². The highest BCUT2D eigenvalue weighted by Gasteiger charge is 2.21. The molecule has 0 atom stereocenters. The molecule has 0 amide bonds. The molecule has 4 aromatic heterocycles. The maximum absolute atomic E-state index is 11.7. The van der Waals surface area contributed by atoms with Gasteiger partial charge in [-0.1, -0.05) is 0 Å². The fourth-order valence-corrected chi connectivity index (χ4v) is 5.59. The van der Waals surface area contributed by atoms with Gasteiger partial charge in [0.05, 0.1) is 29.1 Å². The topological polar surface area (TPSA) is 111 Å². The van der Waals surface area contributed by atoms with Gasteiger partial charge in [-0.05, 0) is 37.1 Å². The van der Waals surface area contributed by atoms with Crippen LogP contribution in [-0.4, -0.2) is 80.8 Å². The first-order valence-electron chi connectivity index (χ1n) is 11.3. The molecular weight excluding hydrogens is 452 g/mol. The molecule has 1 saturated heterocycles. The Morgan fingerprint density at radius 3 is 2.50 bits per heavy atom. The zero-order chi connectivity index (χ0) is 23.7. The van der Waals surface area contributed by atoms with Crippen LogP contribution in [0.4, 0.5) is 5.95 Å². The summed E-state index contributed by atoms with van der Waals surface area (Å²) in [4.78, 5) is 15.8. The van der Waals surface area contributed by atoms with Crippen LogP contribution in [0.3, 0.4) is 0 Å². The van der Waals surface area contributed by atoms with E-state index in [1.807, 2.05) is 25.5 Å². The van der Waals surface area contributed by atoms with Crippen LogP contribution in [-0.2, 0) is 23.3 Å². The van der Waals surface area contributed by atoms with Crippen molar-refractivity contribution < 1.29 is 8.42 Å². The van der Waals surface area contributed by atoms with Crippen LogP contribution < -0.4 is 5.32 Å².